The lowest BCUT2D eigenvalue weighted by Crippen LogP contribution is -2.51. The zero-order valence-electron chi connectivity index (χ0n) is 13.2. The molecule has 3 heterocycles. The number of para-hydroxylation sites is 1. The second-order valence-corrected chi connectivity index (χ2v) is 6.03. The number of hydrogen-bond acceptors (Lipinski definition) is 4. The Morgan fingerprint density at radius 2 is 2.00 bits per heavy atom. The van der Waals surface area contributed by atoms with E-state index in [2.05, 4.69) is 5.10 Å². The first-order valence-electron chi connectivity index (χ1n) is 8.05. The van der Waals surface area contributed by atoms with Crippen LogP contribution in [-0.4, -0.2) is 52.7 Å². The molecule has 1 aromatic heterocycles. The van der Waals surface area contributed by atoms with E-state index in [1.54, 1.807) is 35.4 Å². The molecule has 1 aromatic carbocycles. The Morgan fingerprint density at radius 1 is 1.21 bits per heavy atom. The van der Waals surface area contributed by atoms with Crippen molar-refractivity contribution in [3.63, 3.8) is 0 Å². The minimum atomic E-state index is -0.665. The van der Waals surface area contributed by atoms with Gasteiger partial charge < -0.3 is 14.4 Å². The minimum absolute atomic E-state index is 0.191. The van der Waals surface area contributed by atoms with Gasteiger partial charge in [0.2, 0.25) is 0 Å². The summed E-state index contributed by atoms with van der Waals surface area (Å²) in [6, 6.07) is 7.93. The predicted molar refractivity (Wildman–Crippen MR) is 83.3 cm³/mol. The van der Waals surface area contributed by atoms with Crippen molar-refractivity contribution in [3.05, 3.63) is 48.0 Å². The molecule has 2 aliphatic heterocycles. The molecule has 2 aromatic rings. The summed E-state index contributed by atoms with van der Waals surface area (Å²) >= 11 is 0. The van der Waals surface area contributed by atoms with Crippen LogP contribution in [0.4, 0.5) is 4.39 Å². The molecule has 2 aliphatic rings. The van der Waals surface area contributed by atoms with Crippen LogP contribution in [0.25, 0.3) is 5.69 Å². The molecule has 0 radical (unpaired) electrons. The summed E-state index contributed by atoms with van der Waals surface area (Å²) < 4.78 is 26.6. The molecule has 2 fully saturated rings. The van der Waals surface area contributed by atoms with E-state index in [4.69, 9.17) is 9.47 Å². The number of amides is 1. The van der Waals surface area contributed by atoms with Crippen LogP contribution in [0.3, 0.4) is 0 Å². The number of halogens is 1. The van der Waals surface area contributed by atoms with E-state index in [9.17, 15) is 9.18 Å². The lowest BCUT2D eigenvalue weighted by Gasteiger charge is -2.38. The molecular formula is C17H18FN3O3. The average Bonchev–Trinajstić information content (AvgIpc) is 3.25. The van der Waals surface area contributed by atoms with Gasteiger partial charge in [0, 0.05) is 19.2 Å². The number of piperidine rings is 1. The molecule has 4 rings (SSSR count). The standard InChI is InChI=1S/C17H18FN3O3/c18-13-4-1-2-5-15(13)21-9-6-14(19-21)16(22)20-8-3-7-17(12-20)23-10-11-24-17/h1-2,4-6,9H,3,7-8,10-12H2. The molecule has 0 unspecified atom stereocenters. The van der Waals surface area contributed by atoms with Crippen LogP contribution in [0.5, 0.6) is 0 Å². The van der Waals surface area contributed by atoms with Crippen molar-refractivity contribution in [2.45, 2.75) is 18.6 Å². The highest BCUT2D eigenvalue weighted by atomic mass is 19.1. The fourth-order valence-electron chi connectivity index (χ4n) is 3.27. The van der Waals surface area contributed by atoms with Crippen LogP contribution < -0.4 is 0 Å². The Balaban J connectivity index is 1.54. The van der Waals surface area contributed by atoms with E-state index in [0.29, 0.717) is 32.0 Å². The number of carbonyl (C=O) groups excluding carboxylic acids is 1. The van der Waals surface area contributed by atoms with Crippen LogP contribution in [0.2, 0.25) is 0 Å². The van der Waals surface area contributed by atoms with E-state index in [1.807, 2.05) is 0 Å². The van der Waals surface area contributed by atoms with Crippen LogP contribution in [0.1, 0.15) is 23.3 Å². The number of nitrogens with zero attached hydrogens (tertiary/aromatic N) is 3. The number of likely N-dealkylation sites (tertiary alicyclic amines) is 1. The van der Waals surface area contributed by atoms with Crippen LogP contribution in [0.15, 0.2) is 36.5 Å². The molecule has 1 spiro atoms. The lowest BCUT2D eigenvalue weighted by molar-refractivity contribution is -0.183. The quantitative estimate of drug-likeness (QED) is 0.844. The van der Waals surface area contributed by atoms with Crippen molar-refractivity contribution in [3.8, 4) is 5.69 Å². The summed E-state index contributed by atoms with van der Waals surface area (Å²) in [5.41, 5.74) is 0.599. The van der Waals surface area contributed by atoms with Gasteiger partial charge in [-0.2, -0.15) is 5.10 Å². The summed E-state index contributed by atoms with van der Waals surface area (Å²) in [5.74, 6) is -1.24. The van der Waals surface area contributed by atoms with Crippen LogP contribution in [0, 0.1) is 5.82 Å². The van der Waals surface area contributed by atoms with Crippen LogP contribution in [-0.2, 0) is 9.47 Å². The highest BCUT2D eigenvalue weighted by molar-refractivity contribution is 5.92. The summed E-state index contributed by atoms with van der Waals surface area (Å²) in [5, 5.41) is 4.24. The number of carbonyl (C=O) groups is 1. The molecule has 6 nitrogen and oxygen atoms in total. The maximum absolute atomic E-state index is 13.9. The third kappa shape index (κ3) is 2.70. The van der Waals surface area contributed by atoms with Gasteiger partial charge in [-0.05, 0) is 24.6 Å². The highest BCUT2D eigenvalue weighted by Crippen LogP contribution is 2.30. The summed E-state index contributed by atoms with van der Waals surface area (Å²) in [7, 11) is 0. The van der Waals surface area contributed by atoms with E-state index < -0.39 is 5.79 Å². The maximum Gasteiger partial charge on any atom is 0.274 e. The summed E-state index contributed by atoms with van der Waals surface area (Å²) in [6.07, 6.45) is 3.20. The number of aromatic nitrogens is 2. The SMILES string of the molecule is O=C(c1ccn(-c2ccccc2F)n1)N1CCCC2(C1)OCCO2. The van der Waals surface area contributed by atoms with Crippen molar-refractivity contribution in [1.29, 1.82) is 0 Å². The Hall–Kier alpha value is -2.25. The Morgan fingerprint density at radius 3 is 2.79 bits per heavy atom. The van der Waals surface area contributed by atoms with Gasteiger partial charge in [-0.15, -0.1) is 0 Å². The zero-order valence-corrected chi connectivity index (χ0v) is 13.2. The molecule has 0 aliphatic carbocycles. The molecule has 24 heavy (non-hydrogen) atoms. The molecule has 126 valence electrons. The smallest absolute Gasteiger partial charge is 0.274 e. The van der Waals surface area contributed by atoms with Crippen molar-refractivity contribution in [1.82, 2.24) is 14.7 Å². The van der Waals surface area contributed by atoms with E-state index in [0.717, 1.165) is 12.8 Å². The van der Waals surface area contributed by atoms with E-state index in [-0.39, 0.29) is 17.4 Å². The van der Waals surface area contributed by atoms with E-state index >= 15 is 0 Å². The Bertz CT molecular complexity index is 755. The van der Waals surface area contributed by atoms with Crippen molar-refractivity contribution < 1.29 is 18.7 Å². The molecule has 0 N–H and O–H groups in total. The van der Waals surface area contributed by atoms with Gasteiger partial charge in [-0.3, -0.25) is 4.79 Å². The highest BCUT2D eigenvalue weighted by Gasteiger charge is 2.42. The first kappa shape index (κ1) is 15.3. The van der Waals surface area contributed by atoms with Gasteiger partial charge in [-0.1, -0.05) is 12.1 Å². The predicted octanol–water partition coefficient (Wildman–Crippen LogP) is 1.99. The monoisotopic (exact) mass is 331 g/mol. The van der Waals surface area contributed by atoms with Crippen molar-refractivity contribution in [2.75, 3.05) is 26.3 Å². The number of hydrogen-bond donors (Lipinski definition) is 0. The first-order chi connectivity index (χ1) is 11.7. The molecular weight excluding hydrogens is 313 g/mol. The van der Waals surface area contributed by atoms with Gasteiger partial charge in [0.05, 0.1) is 19.8 Å². The Kier molecular flexibility index (Phi) is 3.82. The molecule has 0 bridgehead atoms. The third-order valence-corrected chi connectivity index (χ3v) is 4.43. The van der Waals surface area contributed by atoms with Crippen molar-refractivity contribution in [2.24, 2.45) is 0 Å². The van der Waals surface area contributed by atoms with Crippen LogP contribution >= 0.6 is 0 Å². The van der Waals surface area contributed by atoms with Gasteiger partial charge in [0.25, 0.3) is 5.91 Å². The van der Waals surface area contributed by atoms with Gasteiger partial charge >= 0.3 is 0 Å². The molecule has 2 saturated heterocycles. The fraction of sp³-hybridized carbons (Fsp3) is 0.412. The molecule has 0 saturated carbocycles. The molecule has 0 atom stereocenters. The summed E-state index contributed by atoms with van der Waals surface area (Å²) in [4.78, 5) is 14.4. The molecule has 1 amide bonds. The van der Waals surface area contributed by atoms with Gasteiger partial charge in [0.15, 0.2) is 11.5 Å². The fourth-order valence-corrected chi connectivity index (χ4v) is 3.27. The van der Waals surface area contributed by atoms with Gasteiger partial charge in [0.1, 0.15) is 11.5 Å². The second kappa shape index (κ2) is 5.99. The van der Waals surface area contributed by atoms with Crippen molar-refractivity contribution >= 4 is 5.91 Å². The lowest BCUT2D eigenvalue weighted by atomic mass is 10.0. The number of rotatable bonds is 2. The van der Waals surface area contributed by atoms with Gasteiger partial charge in [-0.25, -0.2) is 9.07 Å². The largest absolute Gasteiger partial charge is 0.346 e. The normalized spacial score (nSPS) is 19.8. The number of ether oxygens (including phenoxy) is 2. The summed E-state index contributed by atoms with van der Waals surface area (Å²) in [6.45, 7) is 2.16. The molecule has 7 heteroatoms. The zero-order chi connectivity index (χ0) is 16.6. The third-order valence-electron chi connectivity index (χ3n) is 4.43. The Labute approximate surface area is 138 Å². The average molecular weight is 331 g/mol. The second-order valence-electron chi connectivity index (χ2n) is 6.03. The minimum Gasteiger partial charge on any atom is -0.346 e. The maximum atomic E-state index is 13.9. The number of benzene rings is 1. The first-order valence-corrected chi connectivity index (χ1v) is 8.05. The topological polar surface area (TPSA) is 56.6 Å². The van der Waals surface area contributed by atoms with E-state index in [1.165, 1.54) is 10.7 Å².